The van der Waals surface area contributed by atoms with Crippen molar-refractivity contribution in [2.24, 2.45) is 7.05 Å². The molecule has 0 saturated carbocycles. The van der Waals surface area contributed by atoms with Gasteiger partial charge in [0.2, 0.25) is 0 Å². The quantitative estimate of drug-likeness (QED) is 0.636. The fourth-order valence-corrected chi connectivity index (χ4v) is 1.92. The first-order chi connectivity index (χ1) is 8.56. The number of allylic oxidation sites excluding steroid dienone is 1. The molecule has 18 heavy (non-hydrogen) atoms. The molecule has 0 bridgehead atoms. The lowest BCUT2D eigenvalue weighted by molar-refractivity contribution is 0.104. The number of aromatic nitrogens is 2. The van der Waals surface area contributed by atoms with E-state index < -0.39 is 0 Å². The number of aryl methyl sites for hydroxylation is 1. The van der Waals surface area contributed by atoms with E-state index in [0.29, 0.717) is 15.6 Å². The van der Waals surface area contributed by atoms with Crippen molar-refractivity contribution >= 4 is 35.1 Å². The van der Waals surface area contributed by atoms with E-state index in [4.69, 9.17) is 23.2 Å². The summed E-state index contributed by atoms with van der Waals surface area (Å²) in [5.41, 5.74) is 1.29. The molecule has 1 aromatic carbocycles. The van der Waals surface area contributed by atoms with Crippen molar-refractivity contribution < 1.29 is 4.79 Å². The van der Waals surface area contributed by atoms with Crippen molar-refractivity contribution in [3.8, 4) is 0 Å². The second kappa shape index (κ2) is 5.38. The van der Waals surface area contributed by atoms with Crippen LogP contribution in [0.2, 0.25) is 10.0 Å². The molecule has 0 aliphatic carbocycles. The van der Waals surface area contributed by atoms with Crippen LogP contribution < -0.4 is 0 Å². The number of halogens is 2. The maximum absolute atomic E-state index is 11.8. The summed E-state index contributed by atoms with van der Waals surface area (Å²) in [5, 5.41) is 5.02. The average Bonchev–Trinajstić information content (AvgIpc) is 2.74. The average molecular weight is 281 g/mol. The Labute approximate surface area is 115 Å². The smallest absolute Gasteiger partial charge is 0.189 e. The summed E-state index contributed by atoms with van der Waals surface area (Å²) in [4.78, 5) is 11.8. The summed E-state index contributed by atoms with van der Waals surface area (Å²) in [6.07, 6.45) is 6.31. The third-order valence-electron chi connectivity index (χ3n) is 2.37. The van der Waals surface area contributed by atoms with Gasteiger partial charge in [0.1, 0.15) is 0 Å². The highest BCUT2D eigenvalue weighted by molar-refractivity contribution is 6.35. The highest BCUT2D eigenvalue weighted by atomic mass is 35.5. The van der Waals surface area contributed by atoms with Gasteiger partial charge in [0.15, 0.2) is 5.78 Å². The standard InChI is InChI=1S/C13H10Cl2N2O/c1-17-8-10(7-16-17)13(18)5-3-9-2-4-11(14)6-12(9)15/h2-8H,1H3. The molecule has 0 N–H and O–H groups in total. The van der Waals surface area contributed by atoms with Crippen molar-refractivity contribution in [2.45, 2.75) is 0 Å². The Morgan fingerprint density at radius 1 is 1.39 bits per heavy atom. The van der Waals surface area contributed by atoms with E-state index in [1.54, 1.807) is 42.2 Å². The summed E-state index contributed by atoms with van der Waals surface area (Å²) in [6.45, 7) is 0. The summed E-state index contributed by atoms with van der Waals surface area (Å²) >= 11 is 11.8. The lowest BCUT2D eigenvalue weighted by Gasteiger charge is -1.98. The molecule has 0 spiro atoms. The molecule has 3 nitrogen and oxygen atoms in total. The third-order valence-corrected chi connectivity index (χ3v) is 2.93. The van der Waals surface area contributed by atoms with Gasteiger partial charge in [-0.25, -0.2) is 0 Å². The Bertz CT molecular complexity index is 617. The summed E-state index contributed by atoms with van der Waals surface area (Å²) in [5.74, 6) is -0.117. The summed E-state index contributed by atoms with van der Waals surface area (Å²) < 4.78 is 1.58. The molecule has 1 aromatic heterocycles. The Morgan fingerprint density at radius 3 is 2.78 bits per heavy atom. The molecule has 0 aliphatic heterocycles. The van der Waals surface area contributed by atoms with Crippen LogP contribution >= 0.6 is 23.2 Å². The fraction of sp³-hybridized carbons (Fsp3) is 0.0769. The molecule has 0 aliphatic rings. The molecular formula is C13H10Cl2N2O. The minimum absolute atomic E-state index is 0.117. The van der Waals surface area contributed by atoms with Gasteiger partial charge in [-0.15, -0.1) is 0 Å². The van der Waals surface area contributed by atoms with Gasteiger partial charge >= 0.3 is 0 Å². The zero-order chi connectivity index (χ0) is 13.1. The Hall–Kier alpha value is -1.58. The molecule has 0 atom stereocenters. The Morgan fingerprint density at radius 2 is 2.17 bits per heavy atom. The molecule has 2 rings (SSSR count). The van der Waals surface area contributed by atoms with Crippen LogP contribution in [0.3, 0.4) is 0 Å². The molecular weight excluding hydrogens is 271 g/mol. The van der Waals surface area contributed by atoms with Crippen LogP contribution in [0.25, 0.3) is 6.08 Å². The summed E-state index contributed by atoms with van der Waals surface area (Å²) in [6, 6.07) is 5.12. The lowest BCUT2D eigenvalue weighted by atomic mass is 10.1. The van der Waals surface area contributed by atoms with Crippen LogP contribution in [0.5, 0.6) is 0 Å². The predicted octanol–water partition coefficient (Wildman–Crippen LogP) is 3.62. The van der Waals surface area contributed by atoms with Gasteiger partial charge in [-0.05, 0) is 29.8 Å². The number of ketones is 1. The van der Waals surface area contributed by atoms with Crippen LogP contribution in [-0.4, -0.2) is 15.6 Å². The number of benzene rings is 1. The maximum Gasteiger partial charge on any atom is 0.189 e. The van der Waals surface area contributed by atoms with Gasteiger partial charge in [0, 0.05) is 23.3 Å². The molecule has 0 unspecified atom stereocenters. The second-order valence-electron chi connectivity index (χ2n) is 3.77. The SMILES string of the molecule is Cn1cc(C(=O)C=Cc2ccc(Cl)cc2Cl)cn1. The summed E-state index contributed by atoms with van der Waals surface area (Å²) in [7, 11) is 1.76. The van der Waals surface area contributed by atoms with E-state index in [1.165, 1.54) is 12.3 Å². The van der Waals surface area contributed by atoms with Crippen LogP contribution in [0.15, 0.2) is 36.7 Å². The number of carbonyl (C=O) groups excluding carboxylic acids is 1. The van der Waals surface area contributed by atoms with Gasteiger partial charge in [-0.1, -0.05) is 29.3 Å². The molecule has 0 fully saturated rings. The first-order valence-corrected chi connectivity index (χ1v) is 5.98. The van der Waals surface area contributed by atoms with Crippen molar-refractivity contribution in [3.05, 3.63) is 57.8 Å². The van der Waals surface area contributed by atoms with Crippen molar-refractivity contribution in [3.63, 3.8) is 0 Å². The molecule has 1 heterocycles. The third kappa shape index (κ3) is 3.00. The van der Waals surface area contributed by atoms with Crippen molar-refractivity contribution in [2.75, 3.05) is 0 Å². The van der Waals surface area contributed by atoms with Crippen molar-refractivity contribution in [1.82, 2.24) is 9.78 Å². The molecule has 2 aromatic rings. The van der Waals surface area contributed by atoms with Gasteiger partial charge in [-0.3, -0.25) is 9.48 Å². The molecule has 92 valence electrons. The predicted molar refractivity (Wildman–Crippen MR) is 73.0 cm³/mol. The number of hydrogen-bond acceptors (Lipinski definition) is 2. The minimum Gasteiger partial charge on any atom is -0.289 e. The Balaban J connectivity index is 2.18. The number of hydrogen-bond donors (Lipinski definition) is 0. The van der Waals surface area contributed by atoms with E-state index in [9.17, 15) is 4.79 Å². The molecule has 0 saturated heterocycles. The first-order valence-electron chi connectivity index (χ1n) is 5.22. The van der Waals surface area contributed by atoms with Crippen LogP contribution in [0, 0.1) is 0 Å². The maximum atomic E-state index is 11.8. The van der Waals surface area contributed by atoms with Crippen molar-refractivity contribution in [1.29, 1.82) is 0 Å². The molecule has 5 heteroatoms. The lowest BCUT2D eigenvalue weighted by Crippen LogP contribution is -1.92. The largest absolute Gasteiger partial charge is 0.289 e. The monoisotopic (exact) mass is 280 g/mol. The number of rotatable bonds is 3. The van der Waals surface area contributed by atoms with E-state index >= 15 is 0 Å². The van der Waals surface area contributed by atoms with Crippen LogP contribution in [-0.2, 0) is 7.05 Å². The highest BCUT2D eigenvalue weighted by Gasteiger charge is 2.04. The van der Waals surface area contributed by atoms with Gasteiger partial charge in [-0.2, -0.15) is 5.10 Å². The number of nitrogens with zero attached hydrogens (tertiary/aromatic N) is 2. The van der Waals surface area contributed by atoms with Gasteiger partial charge in [0.05, 0.1) is 11.8 Å². The fourth-order valence-electron chi connectivity index (χ4n) is 1.45. The van der Waals surface area contributed by atoms with Gasteiger partial charge < -0.3 is 0 Å². The minimum atomic E-state index is -0.117. The molecule has 0 radical (unpaired) electrons. The highest BCUT2D eigenvalue weighted by Crippen LogP contribution is 2.22. The zero-order valence-electron chi connectivity index (χ0n) is 9.60. The zero-order valence-corrected chi connectivity index (χ0v) is 11.1. The van der Waals surface area contributed by atoms with E-state index in [2.05, 4.69) is 5.10 Å². The molecule has 0 amide bonds. The van der Waals surface area contributed by atoms with E-state index in [1.807, 2.05) is 0 Å². The first kappa shape index (κ1) is 12.9. The topological polar surface area (TPSA) is 34.9 Å². The number of carbonyl (C=O) groups is 1. The van der Waals surface area contributed by atoms with E-state index in [0.717, 1.165) is 5.56 Å². The van der Waals surface area contributed by atoms with Crippen LogP contribution in [0.4, 0.5) is 0 Å². The normalized spacial score (nSPS) is 11.1. The van der Waals surface area contributed by atoms with Gasteiger partial charge in [0.25, 0.3) is 0 Å². The Kier molecular flexibility index (Phi) is 3.84. The van der Waals surface area contributed by atoms with E-state index in [-0.39, 0.29) is 5.78 Å². The van der Waals surface area contributed by atoms with Crippen LogP contribution in [0.1, 0.15) is 15.9 Å². The second-order valence-corrected chi connectivity index (χ2v) is 4.61.